The Morgan fingerprint density at radius 1 is 1.00 bits per heavy atom. The highest BCUT2D eigenvalue weighted by molar-refractivity contribution is 6.21. The van der Waals surface area contributed by atoms with Crippen LogP contribution in [0.5, 0.6) is 0 Å². The number of hydrogen-bond acceptors (Lipinski definition) is 5. The maximum atomic E-state index is 12.7. The molecule has 1 heterocycles. The van der Waals surface area contributed by atoms with E-state index in [0.29, 0.717) is 0 Å². The normalized spacial score (nSPS) is 15.7. The average molecular weight is 339 g/mol. The summed E-state index contributed by atoms with van der Waals surface area (Å²) in [6.07, 6.45) is -1.49. The van der Waals surface area contributed by atoms with Gasteiger partial charge in [-0.15, -0.1) is 0 Å². The summed E-state index contributed by atoms with van der Waals surface area (Å²) in [5, 5.41) is 10.4. The highest BCUT2D eigenvalue weighted by Gasteiger charge is 2.44. The number of carbonyl (C=O) groups is 3. The van der Waals surface area contributed by atoms with Crippen molar-refractivity contribution in [3.05, 3.63) is 71.3 Å². The largest absolute Gasteiger partial charge is 0.467 e. The van der Waals surface area contributed by atoms with E-state index in [4.69, 9.17) is 0 Å². The van der Waals surface area contributed by atoms with Crippen molar-refractivity contribution >= 4 is 17.8 Å². The Morgan fingerprint density at radius 3 is 2.04 bits per heavy atom. The van der Waals surface area contributed by atoms with Gasteiger partial charge in [0.05, 0.1) is 24.3 Å². The van der Waals surface area contributed by atoms with Crippen LogP contribution in [0.3, 0.4) is 0 Å². The maximum absolute atomic E-state index is 12.7. The Balaban J connectivity index is 1.99. The van der Waals surface area contributed by atoms with Crippen LogP contribution < -0.4 is 0 Å². The van der Waals surface area contributed by atoms with E-state index in [9.17, 15) is 19.5 Å². The Hall–Kier alpha value is -2.99. The van der Waals surface area contributed by atoms with E-state index in [-0.39, 0.29) is 17.5 Å². The topological polar surface area (TPSA) is 83.9 Å². The van der Waals surface area contributed by atoms with Gasteiger partial charge in [-0.25, -0.2) is 4.79 Å². The monoisotopic (exact) mass is 339 g/mol. The first-order valence-electron chi connectivity index (χ1n) is 7.81. The number of nitrogens with zero attached hydrogens (tertiary/aromatic N) is 1. The van der Waals surface area contributed by atoms with Crippen LogP contribution in [-0.2, 0) is 16.0 Å². The van der Waals surface area contributed by atoms with Crippen molar-refractivity contribution in [2.24, 2.45) is 0 Å². The lowest BCUT2D eigenvalue weighted by atomic mass is 9.99. The zero-order valence-electron chi connectivity index (χ0n) is 13.6. The number of rotatable bonds is 5. The van der Waals surface area contributed by atoms with Crippen LogP contribution in [0.1, 0.15) is 26.3 Å². The van der Waals surface area contributed by atoms with Crippen molar-refractivity contribution in [1.82, 2.24) is 4.90 Å². The van der Waals surface area contributed by atoms with Gasteiger partial charge in [0.25, 0.3) is 11.8 Å². The first kappa shape index (κ1) is 16.9. The lowest BCUT2D eigenvalue weighted by molar-refractivity contribution is -0.153. The molecule has 2 aromatic rings. The van der Waals surface area contributed by atoms with Gasteiger partial charge in [-0.3, -0.25) is 14.5 Å². The fraction of sp³-hybridized carbons (Fsp3) is 0.211. The zero-order chi connectivity index (χ0) is 18.0. The summed E-state index contributed by atoms with van der Waals surface area (Å²) in [5.74, 6) is -1.94. The van der Waals surface area contributed by atoms with Gasteiger partial charge in [0, 0.05) is 0 Å². The molecule has 2 atom stereocenters. The number of aliphatic hydroxyl groups excluding tert-OH is 1. The lowest BCUT2D eigenvalue weighted by Crippen LogP contribution is -2.51. The van der Waals surface area contributed by atoms with Crippen LogP contribution in [0.25, 0.3) is 0 Å². The molecule has 1 aliphatic rings. The molecule has 0 bridgehead atoms. The maximum Gasteiger partial charge on any atom is 0.336 e. The Bertz CT molecular complexity index is 783. The summed E-state index contributed by atoms with van der Waals surface area (Å²) in [6, 6.07) is 14.4. The number of carbonyl (C=O) groups excluding carboxylic acids is 3. The molecule has 2 unspecified atom stereocenters. The molecular weight excluding hydrogens is 322 g/mol. The number of ether oxygens (including phenoxy) is 1. The van der Waals surface area contributed by atoms with Crippen molar-refractivity contribution in [3.63, 3.8) is 0 Å². The average Bonchev–Trinajstić information content (AvgIpc) is 2.90. The molecule has 0 spiro atoms. The van der Waals surface area contributed by atoms with Crippen molar-refractivity contribution < 1.29 is 24.2 Å². The van der Waals surface area contributed by atoms with Crippen molar-refractivity contribution in [2.75, 3.05) is 7.11 Å². The van der Waals surface area contributed by atoms with Gasteiger partial charge in [-0.2, -0.15) is 0 Å². The van der Waals surface area contributed by atoms with Crippen LogP contribution in [0.2, 0.25) is 0 Å². The van der Waals surface area contributed by atoms with Gasteiger partial charge in [0.15, 0.2) is 6.10 Å². The SMILES string of the molecule is COC(=O)C(O)C(Cc1ccccc1)N1C(=O)c2ccccc2C1=O. The van der Waals surface area contributed by atoms with Crippen LogP contribution in [0.15, 0.2) is 54.6 Å². The van der Waals surface area contributed by atoms with E-state index in [1.54, 1.807) is 48.5 Å². The second kappa shape index (κ2) is 6.86. The predicted molar refractivity (Wildman–Crippen MR) is 88.9 cm³/mol. The molecule has 128 valence electrons. The van der Waals surface area contributed by atoms with Crippen LogP contribution in [-0.4, -0.2) is 47.0 Å². The lowest BCUT2D eigenvalue weighted by Gasteiger charge is -2.29. The molecule has 0 saturated heterocycles. The van der Waals surface area contributed by atoms with E-state index in [1.807, 2.05) is 6.07 Å². The quantitative estimate of drug-likeness (QED) is 0.658. The molecule has 0 radical (unpaired) electrons. The van der Waals surface area contributed by atoms with E-state index in [0.717, 1.165) is 17.6 Å². The van der Waals surface area contributed by atoms with E-state index < -0.39 is 29.9 Å². The van der Waals surface area contributed by atoms with Gasteiger partial charge in [0.2, 0.25) is 0 Å². The fourth-order valence-electron chi connectivity index (χ4n) is 2.99. The molecule has 2 amide bonds. The minimum Gasteiger partial charge on any atom is -0.467 e. The van der Waals surface area contributed by atoms with E-state index in [1.165, 1.54) is 0 Å². The molecule has 3 rings (SSSR count). The summed E-state index contributed by atoms with van der Waals surface area (Å²) in [6.45, 7) is 0. The second-order valence-electron chi connectivity index (χ2n) is 5.75. The highest BCUT2D eigenvalue weighted by atomic mass is 16.5. The van der Waals surface area contributed by atoms with Crippen molar-refractivity contribution in [3.8, 4) is 0 Å². The number of aliphatic hydroxyl groups is 1. The van der Waals surface area contributed by atoms with Gasteiger partial charge < -0.3 is 9.84 Å². The highest BCUT2D eigenvalue weighted by Crippen LogP contribution is 2.27. The fourth-order valence-corrected chi connectivity index (χ4v) is 2.99. The summed E-state index contributed by atoms with van der Waals surface area (Å²) in [5.41, 5.74) is 1.32. The molecule has 0 aliphatic carbocycles. The molecule has 25 heavy (non-hydrogen) atoms. The third-order valence-electron chi connectivity index (χ3n) is 4.25. The van der Waals surface area contributed by atoms with Crippen LogP contribution in [0, 0.1) is 0 Å². The molecule has 6 nitrogen and oxygen atoms in total. The smallest absolute Gasteiger partial charge is 0.336 e. The summed E-state index contributed by atoms with van der Waals surface area (Å²) in [7, 11) is 1.15. The number of amides is 2. The third kappa shape index (κ3) is 3.04. The van der Waals surface area contributed by atoms with Gasteiger partial charge in [-0.05, 0) is 24.1 Å². The third-order valence-corrected chi connectivity index (χ3v) is 4.25. The van der Waals surface area contributed by atoms with Crippen LogP contribution in [0.4, 0.5) is 0 Å². The Kier molecular flexibility index (Phi) is 4.63. The standard InChI is InChI=1S/C19H17NO5/c1-25-19(24)16(21)15(11-12-7-3-2-4-8-12)20-17(22)13-9-5-6-10-14(13)18(20)23/h2-10,15-16,21H,11H2,1H3. The molecule has 2 aromatic carbocycles. The van der Waals surface area contributed by atoms with Gasteiger partial charge in [-0.1, -0.05) is 42.5 Å². The summed E-state index contributed by atoms with van der Waals surface area (Å²) >= 11 is 0. The number of hydrogen-bond donors (Lipinski definition) is 1. The van der Waals surface area contributed by atoms with Crippen LogP contribution >= 0.6 is 0 Å². The zero-order valence-corrected chi connectivity index (χ0v) is 13.6. The molecule has 6 heteroatoms. The van der Waals surface area contributed by atoms with Crippen molar-refractivity contribution in [1.29, 1.82) is 0 Å². The molecular formula is C19H17NO5. The molecule has 0 fully saturated rings. The van der Waals surface area contributed by atoms with E-state index in [2.05, 4.69) is 4.74 Å². The summed E-state index contributed by atoms with van der Waals surface area (Å²) in [4.78, 5) is 38.2. The first-order valence-corrected chi connectivity index (χ1v) is 7.81. The minimum absolute atomic E-state index is 0.141. The number of imide groups is 1. The number of fused-ring (bicyclic) bond motifs is 1. The number of esters is 1. The Morgan fingerprint density at radius 2 is 1.52 bits per heavy atom. The predicted octanol–water partition coefficient (Wildman–Crippen LogP) is 1.43. The molecule has 1 N–H and O–H groups in total. The van der Waals surface area contributed by atoms with E-state index >= 15 is 0 Å². The minimum atomic E-state index is -1.63. The molecule has 1 aliphatic heterocycles. The van der Waals surface area contributed by atoms with Crippen molar-refractivity contribution in [2.45, 2.75) is 18.6 Å². The number of benzene rings is 2. The molecule has 0 saturated carbocycles. The Labute approximate surface area is 144 Å². The van der Waals surface area contributed by atoms with Gasteiger partial charge in [0.1, 0.15) is 0 Å². The number of methoxy groups -OCH3 is 1. The molecule has 0 aromatic heterocycles. The second-order valence-corrected chi connectivity index (χ2v) is 5.75. The van der Waals surface area contributed by atoms with Gasteiger partial charge >= 0.3 is 5.97 Å². The summed E-state index contributed by atoms with van der Waals surface area (Å²) < 4.78 is 4.60. The first-order chi connectivity index (χ1) is 12.0.